The molecule has 0 heterocycles. The molecule has 1 aromatic rings. The van der Waals surface area contributed by atoms with Crippen LogP contribution in [0.1, 0.15) is 57.7 Å². The van der Waals surface area contributed by atoms with Crippen molar-refractivity contribution in [2.45, 2.75) is 67.3 Å². The Kier molecular flexibility index (Phi) is 4.54. The van der Waals surface area contributed by atoms with Gasteiger partial charge in [-0.1, -0.05) is 63.9 Å². The highest BCUT2D eigenvalue weighted by molar-refractivity contribution is 5.30. The van der Waals surface area contributed by atoms with Crippen molar-refractivity contribution in [2.24, 2.45) is 16.7 Å². The summed E-state index contributed by atoms with van der Waals surface area (Å²) < 4.78 is 0. The van der Waals surface area contributed by atoms with Crippen molar-refractivity contribution < 1.29 is 0 Å². The molecule has 0 saturated heterocycles. The summed E-state index contributed by atoms with van der Waals surface area (Å²) in [7, 11) is 0. The molecule has 2 rings (SSSR count). The molecule has 1 nitrogen and oxygen atoms in total. The van der Waals surface area contributed by atoms with E-state index in [-0.39, 0.29) is 0 Å². The first kappa shape index (κ1) is 16.5. The summed E-state index contributed by atoms with van der Waals surface area (Å²) in [5, 5.41) is 3.83. The molecule has 118 valence electrons. The van der Waals surface area contributed by atoms with Crippen LogP contribution in [-0.2, 0) is 6.42 Å². The maximum absolute atomic E-state index is 3.83. The zero-order valence-electron chi connectivity index (χ0n) is 15.0. The maximum atomic E-state index is 3.83. The van der Waals surface area contributed by atoms with Crippen molar-refractivity contribution in [3.8, 4) is 0 Å². The SMILES string of the molecule is CCCNC(Cc1cc(C)cc(C)c1)C1C(C)(C)C1(C)C. The number of rotatable bonds is 6. The molecule has 0 spiro atoms. The number of hydrogen-bond acceptors (Lipinski definition) is 1. The Morgan fingerprint density at radius 1 is 1.00 bits per heavy atom. The second kappa shape index (κ2) is 5.76. The van der Waals surface area contributed by atoms with Gasteiger partial charge in [0.05, 0.1) is 0 Å². The fraction of sp³-hybridized carbons (Fsp3) is 0.700. The van der Waals surface area contributed by atoms with Gasteiger partial charge >= 0.3 is 0 Å². The highest BCUT2D eigenvalue weighted by Crippen LogP contribution is 2.69. The number of aryl methyl sites for hydroxylation is 2. The lowest BCUT2D eigenvalue weighted by Gasteiger charge is -2.21. The van der Waals surface area contributed by atoms with E-state index in [9.17, 15) is 0 Å². The molecule has 0 aromatic heterocycles. The van der Waals surface area contributed by atoms with Gasteiger partial charge in [-0.2, -0.15) is 0 Å². The Morgan fingerprint density at radius 3 is 1.95 bits per heavy atom. The molecule has 1 unspecified atom stereocenters. The van der Waals surface area contributed by atoms with Gasteiger partial charge in [0.2, 0.25) is 0 Å². The Balaban J connectivity index is 2.18. The minimum atomic E-state index is 0.442. The van der Waals surface area contributed by atoms with Crippen molar-refractivity contribution in [1.82, 2.24) is 5.32 Å². The molecule has 0 radical (unpaired) electrons. The van der Waals surface area contributed by atoms with Crippen molar-refractivity contribution in [3.63, 3.8) is 0 Å². The minimum Gasteiger partial charge on any atom is -0.313 e. The summed E-state index contributed by atoms with van der Waals surface area (Å²) in [4.78, 5) is 0. The highest BCUT2D eigenvalue weighted by Gasteiger charge is 2.66. The van der Waals surface area contributed by atoms with E-state index >= 15 is 0 Å². The van der Waals surface area contributed by atoms with Gasteiger partial charge in [-0.05, 0) is 55.5 Å². The van der Waals surface area contributed by atoms with E-state index in [1.807, 2.05) is 0 Å². The van der Waals surface area contributed by atoms with Crippen LogP contribution in [0.2, 0.25) is 0 Å². The van der Waals surface area contributed by atoms with Crippen LogP contribution >= 0.6 is 0 Å². The van der Waals surface area contributed by atoms with Crippen LogP contribution in [-0.4, -0.2) is 12.6 Å². The van der Waals surface area contributed by atoms with Crippen molar-refractivity contribution in [1.29, 1.82) is 0 Å². The molecule has 0 aliphatic heterocycles. The normalized spacial score (nSPS) is 21.3. The minimum absolute atomic E-state index is 0.442. The Bertz CT molecular complexity index is 464. The molecular formula is C20H33N. The second-order valence-electron chi connectivity index (χ2n) is 8.18. The third-order valence-corrected chi connectivity index (χ3v) is 5.93. The highest BCUT2D eigenvalue weighted by atomic mass is 15.0. The molecule has 1 aliphatic rings. The van der Waals surface area contributed by atoms with Crippen LogP contribution in [0, 0.1) is 30.6 Å². The number of benzene rings is 1. The second-order valence-corrected chi connectivity index (χ2v) is 8.18. The van der Waals surface area contributed by atoms with E-state index in [1.54, 1.807) is 0 Å². The lowest BCUT2D eigenvalue weighted by Crippen LogP contribution is -2.36. The molecule has 21 heavy (non-hydrogen) atoms. The van der Waals surface area contributed by atoms with Crippen LogP contribution in [0.15, 0.2) is 18.2 Å². The topological polar surface area (TPSA) is 12.0 Å². The van der Waals surface area contributed by atoms with Crippen molar-refractivity contribution >= 4 is 0 Å². The lowest BCUT2D eigenvalue weighted by molar-refractivity contribution is 0.395. The van der Waals surface area contributed by atoms with Crippen LogP contribution < -0.4 is 5.32 Å². The van der Waals surface area contributed by atoms with E-state index in [1.165, 1.54) is 23.1 Å². The van der Waals surface area contributed by atoms with E-state index in [0.717, 1.165) is 18.9 Å². The first-order valence-corrected chi connectivity index (χ1v) is 8.50. The van der Waals surface area contributed by atoms with Crippen LogP contribution in [0.5, 0.6) is 0 Å². The average Bonchev–Trinajstić information content (AvgIpc) is 2.74. The molecule has 1 saturated carbocycles. The van der Waals surface area contributed by atoms with E-state index < -0.39 is 0 Å². The average molecular weight is 287 g/mol. The molecule has 1 aliphatic carbocycles. The number of hydrogen-bond donors (Lipinski definition) is 1. The van der Waals surface area contributed by atoms with Gasteiger partial charge in [-0.3, -0.25) is 0 Å². The van der Waals surface area contributed by atoms with E-state index in [0.29, 0.717) is 16.9 Å². The molecule has 1 heteroatoms. The van der Waals surface area contributed by atoms with Gasteiger partial charge in [0.25, 0.3) is 0 Å². The molecule has 0 amide bonds. The molecule has 1 atom stereocenters. The maximum Gasteiger partial charge on any atom is 0.0146 e. The Morgan fingerprint density at radius 2 is 1.52 bits per heavy atom. The molecular weight excluding hydrogens is 254 g/mol. The Labute approximate surface area is 131 Å². The molecule has 1 fully saturated rings. The van der Waals surface area contributed by atoms with Crippen LogP contribution in [0.3, 0.4) is 0 Å². The zero-order valence-corrected chi connectivity index (χ0v) is 15.0. The lowest BCUT2D eigenvalue weighted by atomic mass is 9.95. The molecule has 1 N–H and O–H groups in total. The summed E-state index contributed by atoms with van der Waals surface area (Å²) in [6, 6.07) is 7.57. The van der Waals surface area contributed by atoms with Gasteiger partial charge in [-0.15, -0.1) is 0 Å². The predicted octanol–water partition coefficient (Wildman–Crippen LogP) is 4.90. The third-order valence-electron chi connectivity index (χ3n) is 5.93. The van der Waals surface area contributed by atoms with Gasteiger partial charge in [-0.25, -0.2) is 0 Å². The van der Waals surface area contributed by atoms with Gasteiger partial charge in [0.1, 0.15) is 0 Å². The fourth-order valence-corrected chi connectivity index (χ4v) is 4.33. The van der Waals surface area contributed by atoms with Gasteiger partial charge in [0, 0.05) is 6.04 Å². The van der Waals surface area contributed by atoms with Crippen molar-refractivity contribution in [2.75, 3.05) is 6.54 Å². The first-order chi connectivity index (χ1) is 9.70. The molecule has 0 bridgehead atoms. The standard InChI is InChI=1S/C20H33N/c1-8-9-21-17(18-19(4,5)20(18,6)7)13-16-11-14(2)10-15(3)12-16/h10-12,17-18,21H,8-9,13H2,1-7H3. The summed E-state index contributed by atoms with van der Waals surface area (Å²) in [5.74, 6) is 0.761. The van der Waals surface area contributed by atoms with Crippen LogP contribution in [0.25, 0.3) is 0 Å². The van der Waals surface area contributed by atoms with E-state index in [2.05, 4.69) is 72.0 Å². The monoisotopic (exact) mass is 287 g/mol. The smallest absolute Gasteiger partial charge is 0.0146 e. The summed E-state index contributed by atoms with van der Waals surface area (Å²) in [6.07, 6.45) is 2.36. The largest absolute Gasteiger partial charge is 0.313 e. The summed E-state index contributed by atoms with van der Waals surface area (Å²) in [5.41, 5.74) is 5.14. The van der Waals surface area contributed by atoms with Gasteiger partial charge in [0.15, 0.2) is 0 Å². The fourth-order valence-electron chi connectivity index (χ4n) is 4.33. The van der Waals surface area contributed by atoms with E-state index in [4.69, 9.17) is 0 Å². The summed E-state index contributed by atoms with van der Waals surface area (Å²) >= 11 is 0. The Hall–Kier alpha value is -0.820. The molecule has 1 aromatic carbocycles. The summed E-state index contributed by atoms with van der Waals surface area (Å²) in [6.45, 7) is 17.5. The van der Waals surface area contributed by atoms with Crippen molar-refractivity contribution in [3.05, 3.63) is 34.9 Å². The number of nitrogens with one attached hydrogen (secondary N) is 1. The first-order valence-electron chi connectivity index (χ1n) is 8.50. The quantitative estimate of drug-likeness (QED) is 0.785. The van der Waals surface area contributed by atoms with Crippen LogP contribution in [0.4, 0.5) is 0 Å². The zero-order chi connectivity index (χ0) is 15.8. The third kappa shape index (κ3) is 3.18. The predicted molar refractivity (Wildman–Crippen MR) is 92.8 cm³/mol. The van der Waals surface area contributed by atoms with Gasteiger partial charge < -0.3 is 5.32 Å².